The molecule has 5 rings (SSSR count). The van der Waals surface area contributed by atoms with Gasteiger partial charge in [0.25, 0.3) is 0 Å². The van der Waals surface area contributed by atoms with E-state index in [0.717, 1.165) is 37.0 Å². The predicted molar refractivity (Wildman–Crippen MR) is 164 cm³/mol. The highest BCUT2D eigenvalue weighted by Gasteiger charge is 2.33. The summed E-state index contributed by atoms with van der Waals surface area (Å²) in [5, 5.41) is 0. The lowest BCUT2D eigenvalue weighted by Gasteiger charge is -2.00. The molecule has 202 valence electrons. The Morgan fingerprint density at radius 1 is 0.538 bits per heavy atom. The molecule has 0 saturated carbocycles. The molecule has 0 unspecified atom stereocenters. The van der Waals surface area contributed by atoms with Gasteiger partial charge in [-0.1, -0.05) is 47.0 Å². The Balaban J connectivity index is 1.40. The van der Waals surface area contributed by atoms with E-state index in [4.69, 9.17) is 18.9 Å². The lowest BCUT2D eigenvalue weighted by Crippen LogP contribution is -2.08. The summed E-state index contributed by atoms with van der Waals surface area (Å²) < 4.78 is 25.4. The van der Waals surface area contributed by atoms with Crippen molar-refractivity contribution in [2.45, 2.75) is 0 Å². The van der Waals surface area contributed by atoms with Gasteiger partial charge in [-0.2, -0.15) is 0 Å². The van der Waals surface area contributed by atoms with E-state index in [1.54, 1.807) is 34.0 Å². The molecule has 2 aliphatic rings. The molecule has 8 nitrogen and oxygen atoms in total. The van der Waals surface area contributed by atoms with E-state index in [-0.39, 0.29) is 19.6 Å². The van der Waals surface area contributed by atoms with Crippen LogP contribution in [0.4, 0.5) is 0 Å². The molecule has 15 heteroatoms. The van der Waals surface area contributed by atoms with Crippen molar-refractivity contribution in [3.63, 3.8) is 0 Å². The fourth-order valence-corrected chi connectivity index (χ4v) is 12.4. The highest BCUT2D eigenvalue weighted by atomic mass is 32.2. The molecule has 0 spiro atoms. The van der Waals surface area contributed by atoms with Gasteiger partial charge in [0.15, 0.2) is 0 Å². The normalized spacial score (nSPS) is 15.4. The third-order valence-corrected chi connectivity index (χ3v) is 13.6. The number of thiophene rings is 3. The number of esters is 4. The standard InChI is InChI=1S/C24H16O8S7/c1-29-21(25)17-18(22(26)30-2)37-13(36-17)7-9-5-11-15(33-9)16-12(35-11)6-10(34-16)8-14-38-19(23(27)31-3)20(39-14)24(28)32-4/h5-8H,1-4H3. The topological polar surface area (TPSA) is 105 Å². The van der Waals surface area contributed by atoms with E-state index >= 15 is 0 Å². The summed E-state index contributed by atoms with van der Waals surface area (Å²) >= 11 is 9.70. The van der Waals surface area contributed by atoms with Crippen molar-refractivity contribution in [3.8, 4) is 0 Å². The Hall–Kier alpha value is -2.14. The molecule has 0 amide bonds. The summed E-state index contributed by atoms with van der Waals surface area (Å²) in [6.07, 6.45) is 3.90. The van der Waals surface area contributed by atoms with E-state index in [1.807, 2.05) is 12.2 Å². The summed E-state index contributed by atoms with van der Waals surface area (Å²) in [6.45, 7) is 0. The number of methoxy groups -OCH3 is 4. The molecule has 0 atom stereocenters. The van der Waals surface area contributed by atoms with E-state index in [9.17, 15) is 19.2 Å². The first-order valence-corrected chi connectivity index (χ1v) is 16.4. The second-order valence-corrected chi connectivity index (χ2v) is 15.4. The van der Waals surface area contributed by atoms with Crippen LogP contribution in [0.15, 0.2) is 40.2 Å². The fourth-order valence-electron chi connectivity index (χ4n) is 3.40. The number of hydrogen-bond donors (Lipinski definition) is 0. The lowest BCUT2D eigenvalue weighted by molar-refractivity contribution is -0.138. The van der Waals surface area contributed by atoms with Crippen LogP contribution in [0.1, 0.15) is 9.75 Å². The zero-order valence-electron chi connectivity index (χ0n) is 20.4. The van der Waals surface area contributed by atoms with Gasteiger partial charge in [0, 0.05) is 19.2 Å². The minimum atomic E-state index is -0.573. The predicted octanol–water partition coefficient (Wildman–Crippen LogP) is 6.85. The van der Waals surface area contributed by atoms with E-state index in [2.05, 4.69) is 12.1 Å². The first-order valence-electron chi connectivity index (χ1n) is 10.7. The van der Waals surface area contributed by atoms with Gasteiger partial charge in [0.05, 0.1) is 46.3 Å². The average Bonchev–Trinajstić information content (AvgIpc) is 3.75. The molecule has 0 N–H and O–H groups in total. The highest BCUT2D eigenvalue weighted by Crippen LogP contribution is 2.53. The average molecular weight is 657 g/mol. The van der Waals surface area contributed by atoms with Crippen LogP contribution in [0, 0.1) is 0 Å². The monoisotopic (exact) mass is 656 g/mol. The number of carbonyl (C=O) groups excluding carboxylic acids is 4. The molecular formula is C24H16O8S7. The van der Waals surface area contributed by atoms with Crippen LogP contribution < -0.4 is 0 Å². The summed E-state index contributed by atoms with van der Waals surface area (Å²) in [5.74, 6) is -2.29. The highest BCUT2D eigenvalue weighted by molar-refractivity contribution is 8.30. The number of rotatable bonds is 6. The summed E-state index contributed by atoms with van der Waals surface area (Å²) in [5.41, 5.74) is 0. The van der Waals surface area contributed by atoms with Crippen LogP contribution in [-0.2, 0) is 38.1 Å². The number of hydrogen-bond acceptors (Lipinski definition) is 15. The Morgan fingerprint density at radius 3 is 1.13 bits per heavy atom. The van der Waals surface area contributed by atoms with Gasteiger partial charge >= 0.3 is 23.9 Å². The van der Waals surface area contributed by atoms with E-state index in [0.29, 0.717) is 0 Å². The lowest BCUT2D eigenvalue weighted by atomic mass is 10.4. The number of ether oxygens (including phenoxy) is 4. The largest absolute Gasteiger partial charge is 0.465 e. The molecular weight excluding hydrogens is 641 g/mol. The molecule has 0 saturated heterocycles. The van der Waals surface area contributed by atoms with Crippen molar-refractivity contribution in [3.05, 3.63) is 50.0 Å². The number of carbonyl (C=O) groups is 4. The van der Waals surface area contributed by atoms with Crippen molar-refractivity contribution in [1.29, 1.82) is 0 Å². The molecule has 2 aliphatic heterocycles. The maximum absolute atomic E-state index is 12.1. The molecule has 3 aromatic rings. The molecule has 0 bridgehead atoms. The van der Waals surface area contributed by atoms with E-state index in [1.165, 1.54) is 75.5 Å². The Kier molecular flexibility index (Phi) is 8.56. The summed E-state index contributed by atoms with van der Waals surface area (Å²) in [6, 6.07) is 4.19. The van der Waals surface area contributed by atoms with E-state index < -0.39 is 23.9 Å². The van der Waals surface area contributed by atoms with Crippen LogP contribution in [0.5, 0.6) is 0 Å². The fraction of sp³-hybridized carbons (Fsp3) is 0.167. The first kappa shape index (κ1) is 28.4. The molecule has 0 radical (unpaired) electrons. The minimum Gasteiger partial charge on any atom is -0.465 e. The van der Waals surface area contributed by atoms with Gasteiger partial charge in [0.2, 0.25) is 0 Å². The van der Waals surface area contributed by atoms with Gasteiger partial charge in [-0.3, -0.25) is 0 Å². The van der Waals surface area contributed by atoms with Crippen molar-refractivity contribution in [1.82, 2.24) is 0 Å². The third-order valence-electron chi connectivity index (χ3n) is 5.09. The van der Waals surface area contributed by atoms with Crippen molar-refractivity contribution < 1.29 is 38.1 Å². The maximum Gasteiger partial charge on any atom is 0.346 e. The van der Waals surface area contributed by atoms with Gasteiger partial charge in [0.1, 0.15) is 19.6 Å². The molecule has 39 heavy (non-hydrogen) atoms. The van der Waals surface area contributed by atoms with Gasteiger partial charge in [-0.15, -0.1) is 34.0 Å². The van der Waals surface area contributed by atoms with Gasteiger partial charge in [-0.25, -0.2) is 19.2 Å². The van der Waals surface area contributed by atoms with Crippen molar-refractivity contribution in [2.24, 2.45) is 0 Å². The molecule has 5 heterocycles. The molecule has 0 aromatic carbocycles. The number of fused-ring (bicyclic) bond motifs is 3. The van der Waals surface area contributed by atoms with Crippen molar-refractivity contribution >= 4 is 136 Å². The zero-order valence-corrected chi connectivity index (χ0v) is 26.1. The van der Waals surface area contributed by atoms with Crippen molar-refractivity contribution in [2.75, 3.05) is 28.4 Å². The van der Waals surface area contributed by atoms with Crippen LogP contribution in [0.2, 0.25) is 0 Å². The molecule has 0 aliphatic carbocycles. The Morgan fingerprint density at radius 2 is 0.846 bits per heavy atom. The SMILES string of the molecule is COC(=O)C1=C(C(=O)OC)SC(=Cc2cc3sc4cc(C=C5SC(C(=O)OC)=C(C(=O)OC)S5)sc4c3s2)S1. The van der Waals surface area contributed by atoms with Crippen LogP contribution in [0.25, 0.3) is 31.0 Å². The van der Waals surface area contributed by atoms with Crippen LogP contribution >= 0.6 is 81.1 Å². The van der Waals surface area contributed by atoms with Crippen LogP contribution in [-0.4, -0.2) is 52.3 Å². The first-order chi connectivity index (χ1) is 18.8. The second-order valence-electron chi connectivity index (χ2n) is 7.40. The van der Waals surface area contributed by atoms with Gasteiger partial charge in [-0.05, 0) is 24.3 Å². The Bertz CT molecular complexity index is 1500. The summed E-state index contributed by atoms with van der Waals surface area (Å²) in [7, 11) is 5.10. The van der Waals surface area contributed by atoms with Crippen LogP contribution in [0.3, 0.4) is 0 Å². The summed E-state index contributed by atoms with van der Waals surface area (Å²) in [4.78, 5) is 51.5. The molecule has 0 fully saturated rings. The van der Waals surface area contributed by atoms with Gasteiger partial charge < -0.3 is 18.9 Å². The minimum absolute atomic E-state index is 0.222. The zero-order chi connectivity index (χ0) is 27.8. The smallest absolute Gasteiger partial charge is 0.346 e. The Labute approximate surface area is 250 Å². The molecule has 3 aromatic heterocycles. The third kappa shape index (κ3) is 5.58. The number of thioether (sulfide) groups is 4. The maximum atomic E-state index is 12.1. The second kappa shape index (κ2) is 11.8. The quantitative estimate of drug-likeness (QED) is 0.205.